The van der Waals surface area contributed by atoms with Gasteiger partial charge in [-0.2, -0.15) is 0 Å². The van der Waals surface area contributed by atoms with Crippen LogP contribution < -0.4 is 11.3 Å². The Balaban J connectivity index is 2.70. The highest BCUT2D eigenvalue weighted by Crippen LogP contribution is 2.12. The Bertz CT molecular complexity index is 331. The number of rotatable bonds is 5. The monoisotopic (exact) mass is 204 g/mol. The average molecular weight is 204 g/mol. The molecule has 0 aromatic heterocycles. The van der Waals surface area contributed by atoms with Gasteiger partial charge in [-0.1, -0.05) is 24.3 Å². The van der Waals surface area contributed by atoms with Crippen molar-refractivity contribution in [3.05, 3.63) is 47.5 Å². The number of nitrogens with one attached hydrogen (secondary N) is 1. The molecule has 3 N–H and O–H groups in total. The molecule has 0 bridgehead atoms. The van der Waals surface area contributed by atoms with E-state index in [4.69, 9.17) is 5.84 Å². The molecular weight excluding hydrogens is 184 g/mol. The zero-order valence-electron chi connectivity index (χ0n) is 9.59. The van der Waals surface area contributed by atoms with Gasteiger partial charge in [0.1, 0.15) is 0 Å². The lowest BCUT2D eigenvalue weighted by molar-refractivity contribution is 0.531. The largest absolute Gasteiger partial charge is 0.271 e. The van der Waals surface area contributed by atoms with Crippen molar-refractivity contribution in [1.29, 1.82) is 0 Å². The molecule has 0 aliphatic carbocycles. The summed E-state index contributed by atoms with van der Waals surface area (Å²) in [5.74, 6) is 5.48. The van der Waals surface area contributed by atoms with Crippen molar-refractivity contribution >= 4 is 0 Å². The Morgan fingerprint density at radius 2 is 2.13 bits per heavy atom. The van der Waals surface area contributed by atoms with Crippen LogP contribution in [-0.4, -0.2) is 6.04 Å². The number of benzene rings is 1. The molecule has 0 spiro atoms. The fourth-order valence-corrected chi connectivity index (χ4v) is 1.63. The molecule has 2 nitrogen and oxygen atoms in total. The second-order valence-electron chi connectivity index (χ2n) is 4.01. The molecule has 0 amide bonds. The summed E-state index contributed by atoms with van der Waals surface area (Å²) in [5.41, 5.74) is 6.80. The Hall–Kier alpha value is -1.12. The summed E-state index contributed by atoms with van der Waals surface area (Å²) >= 11 is 0. The van der Waals surface area contributed by atoms with E-state index in [0.29, 0.717) is 0 Å². The first-order valence-corrected chi connectivity index (χ1v) is 5.30. The van der Waals surface area contributed by atoms with Crippen LogP contribution in [0.1, 0.15) is 23.1 Å². The van der Waals surface area contributed by atoms with Crippen LogP contribution in [-0.2, 0) is 6.42 Å². The maximum absolute atomic E-state index is 5.48. The van der Waals surface area contributed by atoms with Crippen LogP contribution in [0, 0.1) is 13.8 Å². The molecule has 0 saturated heterocycles. The molecule has 1 aromatic rings. The molecule has 82 valence electrons. The van der Waals surface area contributed by atoms with Crippen molar-refractivity contribution in [2.45, 2.75) is 32.7 Å². The van der Waals surface area contributed by atoms with Gasteiger partial charge in [0.05, 0.1) is 0 Å². The van der Waals surface area contributed by atoms with Crippen molar-refractivity contribution in [2.75, 3.05) is 0 Å². The van der Waals surface area contributed by atoms with Crippen LogP contribution in [0.4, 0.5) is 0 Å². The summed E-state index contributed by atoms with van der Waals surface area (Å²) in [7, 11) is 0. The van der Waals surface area contributed by atoms with Gasteiger partial charge in [0.25, 0.3) is 0 Å². The van der Waals surface area contributed by atoms with Gasteiger partial charge in [-0.05, 0) is 43.4 Å². The zero-order chi connectivity index (χ0) is 11.3. The minimum absolute atomic E-state index is 0.282. The molecule has 0 saturated carbocycles. The summed E-state index contributed by atoms with van der Waals surface area (Å²) < 4.78 is 0. The maximum Gasteiger partial charge on any atom is 0.0285 e. The SMILES string of the molecule is C=CCC(Cc1ccc(C)c(C)c1)NN. The highest BCUT2D eigenvalue weighted by Gasteiger charge is 2.05. The fourth-order valence-electron chi connectivity index (χ4n) is 1.63. The third kappa shape index (κ3) is 3.50. The first-order chi connectivity index (χ1) is 7.17. The van der Waals surface area contributed by atoms with Gasteiger partial charge in [0.2, 0.25) is 0 Å². The zero-order valence-corrected chi connectivity index (χ0v) is 9.59. The van der Waals surface area contributed by atoms with Crippen LogP contribution >= 0.6 is 0 Å². The molecule has 15 heavy (non-hydrogen) atoms. The Morgan fingerprint density at radius 3 is 2.67 bits per heavy atom. The summed E-state index contributed by atoms with van der Waals surface area (Å²) in [6.45, 7) is 7.99. The van der Waals surface area contributed by atoms with E-state index < -0.39 is 0 Å². The van der Waals surface area contributed by atoms with Gasteiger partial charge in [-0.25, -0.2) is 0 Å². The predicted octanol–water partition coefficient (Wildman–Crippen LogP) is 2.25. The second kappa shape index (κ2) is 5.69. The molecule has 2 heteroatoms. The van der Waals surface area contributed by atoms with Crippen molar-refractivity contribution in [2.24, 2.45) is 5.84 Å². The quantitative estimate of drug-likeness (QED) is 0.438. The third-order valence-corrected chi connectivity index (χ3v) is 2.74. The topological polar surface area (TPSA) is 38.0 Å². The van der Waals surface area contributed by atoms with Gasteiger partial charge in [0, 0.05) is 6.04 Å². The highest BCUT2D eigenvalue weighted by molar-refractivity contribution is 5.30. The number of nitrogens with two attached hydrogens (primary N) is 1. The maximum atomic E-state index is 5.48. The number of aryl methyl sites for hydroxylation is 2. The van der Waals surface area contributed by atoms with Crippen LogP contribution in [0.3, 0.4) is 0 Å². The van der Waals surface area contributed by atoms with E-state index in [9.17, 15) is 0 Å². The summed E-state index contributed by atoms with van der Waals surface area (Å²) in [5, 5.41) is 0. The van der Waals surface area contributed by atoms with Crippen molar-refractivity contribution < 1.29 is 0 Å². The lowest BCUT2D eigenvalue weighted by Crippen LogP contribution is -2.36. The summed E-state index contributed by atoms with van der Waals surface area (Å²) in [6, 6.07) is 6.83. The van der Waals surface area contributed by atoms with Gasteiger partial charge in [-0.15, -0.1) is 6.58 Å². The van der Waals surface area contributed by atoms with E-state index in [0.717, 1.165) is 12.8 Å². The molecule has 0 fully saturated rings. The summed E-state index contributed by atoms with van der Waals surface area (Å²) in [6.07, 6.45) is 3.73. The van der Waals surface area contributed by atoms with Crippen molar-refractivity contribution in [3.8, 4) is 0 Å². The molecule has 0 aliphatic heterocycles. The van der Waals surface area contributed by atoms with E-state index >= 15 is 0 Å². The van der Waals surface area contributed by atoms with Gasteiger partial charge >= 0.3 is 0 Å². The van der Waals surface area contributed by atoms with E-state index in [-0.39, 0.29) is 6.04 Å². The average Bonchev–Trinajstić information content (AvgIpc) is 2.23. The predicted molar refractivity (Wildman–Crippen MR) is 65.5 cm³/mol. The molecule has 1 rings (SSSR count). The standard InChI is InChI=1S/C13H20N2/c1-4-5-13(15-14)9-12-7-6-10(2)11(3)8-12/h4,6-8,13,15H,1,5,9,14H2,2-3H3. The molecule has 0 heterocycles. The Kier molecular flexibility index (Phi) is 4.53. The van der Waals surface area contributed by atoms with E-state index in [2.05, 4.69) is 44.1 Å². The Labute approximate surface area is 92.2 Å². The lowest BCUT2D eigenvalue weighted by Gasteiger charge is -2.14. The first-order valence-electron chi connectivity index (χ1n) is 5.30. The van der Waals surface area contributed by atoms with E-state index in [1.807, 2.05) is 6.08 Å². The number of hydrogen-bond donors (Lipinski definition) is 2. The fraction of sp³-hybridized carbons (Fsp3) is 0.385. The number of hydrogen-bond acceptors (Lipinski definition) is 2. The molecule has 1 aromatic carbocycles. The molecule has 1 unspecified atom stereocenters. The second-order valence-corrected chi connectivity index (χ2v) is 4.01. The molecule has 1 atom stereocenters. The molecular formula is C13H20N2. The first kappa shape index (κ1) is 12.0. The number of hydrazine groups is 1. The minimum Gasteiger partial charge on any atom is -0.271 e. The Morgan fingerprint density at radius 1 is 1.40 bits per heavy atom. The normalized spacial score (nSPS) is 12.5. The molecule has 0 aliphatic rings. The van der Waals surface area contributed by atoms with Crippen molar-refractivity contribution in [1.82, 2.24) is 5.43 Å². The van der Waals surface area contributed by atoms with Gasteiger partial charge in [0.15, 0.2) is 0 Å². The molecule has 0 radical (unpaired) electrons. The smallest absolute Gasteiger partial charge is 0.0285 e. The highest BCUT2D eigenvalue weighted by atomic mass is 15.2. The van der Waals surface area contributed by atoms with E-state index in [1.54, 1.807) is 0 Å². The minimum atomic E-state index is 0.282. The van der Waals surface area contributed by atoms with Crippen LogP contribution in [0.5, 0.6) is 0 Å². The summed E-state index contributed by atoms with van der Waals surface area (Å²) in [4.78, 5) is 0. The van der Waals surface area contributed by atoms with Crippen LogP contribution in [0.15, 0.2) is 30.9 Å². The van der Waals surface area contributed by atoms with Gasteiger partial charge in [-0.3, -0.25) is 11.3 Å². The van der Waals surface area contributed by atoms with Crippen LogP contribution in [0.25, 0.3) is 0 Å². The lowest BCUT2D eigenvalue weighted by atomic mass is 10.00. The van der Waals surface area contributed by atoms with E-state index in [1.165, 1.54) is 16.7 Å². The van der Waals surface area contributed by atoms with Gasteiger partial charge < -0.3 is 0 Å². The van der Waals surface area contributed by atoms with Crippen LogP contribution in [0.2, 0.25) is 0 Å². The third-order valence-electron chi connectivity index (χ3n) is 2.74. The van der Waals surface area contributed by atoms with Crippen molar-refractivity contribution in [3.63, 3.8) is 0 Å².